The molecular weight excluding hydrogens is 194 g/mol. The van der Waals surface area contributed by atoms with Gasteiger partial charge in [0.2, 0.25) is 0 Å². The van der Waals surface area contributed by atoms with Gasteiger partial charge in [-0.2, -0.15) is 11.3 Å². The summed E-state index contributed by atoms with van der Waals surface area (Å²) in [5, 5.41) is 11.4. The molecule has 1 heterocycles. The van der Waals surface area contributed by atoms with Crippen molar-refractivity contribution in [2.75, 3.05) is 20.1 Å². The van der Waals surface area contributed by atoms with Crippen LogP contribution in [0.15, 0.2) is 16.8 Å². The molecule has 0 radical (unpaired) electrons. The Morgan fingerprint density at radius 3 is 2.93 bits per heavy atom. The van der Waals surface area contributed by atoms with Gasteiger partial charge in [0.25, 0.3) is 0 Å². The summed E-state index contributed by atoms with van der Waals surface area (Å²) in [6, 6.07) is 2.16. The molecule has 0 bridgehead atoms. The van der Waals surface area contributed by atoms with Crippen molar-refractivity contribution in [1.29, 1.82) is 5.41 Å². The van der Waals surface area contributed by atoms with Gasteiger partial charge in [0.15, 0.2) is 0 Å². The predicted octanol–water partition coefficient (Wildman–Crippen LogP) is 1.55. The van der Waals surface area contributed by atoms with Gasteiger partial charge in [-0.15, -0.1) is 0 Å². The van der Waals surface area contributed by atoms with Crippen LogP contribution in [0.4, 0.5) is 0 Å². The van der Waals surface area contributed by atoms with Crippen molar-refractivity contribution in [2.24, 2.45) is 5.73 Å². The third-order valence-electron chi connectivity index (χ3n) is 2.13. The van der Waals surface area contributed by atoms with E-state index in [4.69, 9.17) is 11.1 Å². The molecule has 1 rings (SSSR count). The van der Waals surface area contributed by atoms with Gasteiger partial charge in [0.05, 0.1) is 5.84 Å². The Morgan fingerprint density at radius 1 is 1.57 bits per heavy atom. The highest BCUT2D eigenvalue weighted by molar-refractivity contribution is 7.07. The maximum atomic E-state index is 7.11. The highest BCUT2D eigenvalue weighted by atomic mass is 32.1. The van der Waals surface area contributed by atoms with E-state index in [0.717, 1.165) is 19.5 Å². The number of nitrogens with zero attached hydrogens (tertiary/aromatic N) is 1. The standard InChI is InChI=1S/C10H17N3S/c1-13(6-3-10(11)12)5-2-9-4-7-14-8-9/h4,7-8H,2-3,5-6H2,1H3,(H3,11,12). The Balaban J connectivity index is 2.15. The highest BCUT2D eigenvalue weighted by Gasteiger charge is 2.00. The summed E-state index contributed by atoms with van der Waals surface area (Å²) in [5.41, 5.74) is 6.68. The number of likely N-dealkylation sites (N-methyl/N-ethyl adjacent to an activating group) is 1. The van der Waals surface area contributed by atoms with Gasteiger partial charge in [-0.1, -0.05) is 0 Å². The second-order valence-corrected chi connectivity index (χ2v) is 4.24. The number of hydrogen-bond donors (Lipinski definition) is 2. The third-order valence-corrected chi connectivity index (χ3v) is 2.86. The van der Waals surface area contributed by atoms with Crippen molar-refractivity contribution in [2.45, 2.75) is 12.8 Å². The molecule has 0 saturated carbocycles. The molecule has 0 aliphatic carbocycles. The zero-order valence-electron chi connectivity index (χ0n) is 8.49. The molecule has 0 aromatic carbocycles. The van der Waals surface area contributed by atoms with Crippen molar-refractivity contribution in [3.05, 3.63) is 22.4 Å². The minimum absolute atomic E-state index is 0.271. The number of thiophene rings is 1. The van der Waals surface area contributed by atoms with Gasteiger partial charge >= 0.3 is 0 Å². The molecule has 78 valence electrons. The topological polar surface area (TPSA) is 53.1 Å². The molecule has 1 aromatic rings. The molecular formula is C10H17N3S. The van der Waals surface area contributed by atoms with Gasteiger partial charge in [-0.25, -0.2) is 0 Å². The first-order valence-electron chi connectivity index (χ1n) is 4.71. The molecule has 1 aromatic heterocycles. The van der Waals surface area contributed by atoms with Crippen LogP contribution < -0.4 is 5.73 Å². The molecule has 0 fully saturated rings. The third kappa shape index (κ3) is 4.39. The summed E-state index contributed by atoms with van der Waals surface area (Å²) in [4.78, 5) is 2.21. The molecule has 3 nitrogen and oxygen atoms in total. The van der Waals surface area contributed by atoms with Gasteiger partial charge < -0.3 is 10.6 Å². The monoisotopic (exact) mass is 211 g/mol. The minimum Gasteiger partial charge on any atom is -0.388 e. The van der Waals surface area contributed by atoms with Crippen LogP contribution in [0.2, 0.25) is 0 Å². The molecule has 0 spiro atoms. The Kier molecular flexibility index (Phi) is 4.62. The predicted molar refractivity (Wildman–Crippen MR) is 62.1 cm³/mol. The molecule has 0 aliphatic heterocycles. The molecule has 0 atom stereocenters. The lowest BCUT2D eigenvalue weighted by Gasteiger charge is -2.15. The highest BCUT2D eigenvalue weighted by Crippen LogP contribution is 2.06. The van der Waals surface area contributed by atoms with Crippen LogP contribution >= 0.6 is 11.3 Å². The van der Waals surface area contributed by atoms with Crippen LogP contribution in [0, 0.1) is 5.41 Å². The van der Waals surface area contributed by atoms with E-state index in [1.54, 1.807) is 11.3 Å². The smallest absolute Gasteiger partial charge is 0.0918 e. The normalized spacial score (nSPS) is 10.7. The van der Waals surface area contributed by atoms with Gasteiger partial charge in [0, 0.05) is 19.5 Å². The second kappa shape index (κ2) is 5.78. The maximum absolute atomic E-state index is 7.11. The number of hydrogen-bond acceptors (Lipinski definition) is 3. The molecule has 0 aliphatic rings. The van der Waals surface area contributed by atoms with E-state index in [0.29, 0.717) is 6.42 Å². The molecule has 0 saturated heterocycles. The summed E-state index contributed by atoms with van der Waals surface area (Å²) in [6.45, 7) is 1.91. The molecule has 3 N–H and O–H groups in total. The average molecular weight is 211 g/mol. The van der Waals surface area contributed by atoms with Crippen molar-refractivity contribution in [3.63, 3.8) is 0 Å². The molecule has 0 unspecified atom stereocenters. The fourth-order valence-corrected chi connectivity index (χ4v) is 1.88. The van der Waals surface area contributed by atoms with Crippen LogP contribution in [0.25, 0.3) is 0 Å². The van der Waals surface area contributed by atoms with Crippen LogP contribution in [0.1, 0.15) is 12.0 Å². The van der Waals surface area contributed by atoms with Crippen LogP contribution in [0.3, 0.4) is 0 Å². The fourth-order valence-electron chi connectivity index (χ4n) is 1.18. The van der Waals surface area contributed by atoms with E-state index >= 15 is 0 Å². The van der Waals surface area contributed by atoms with E-state index in [2.05, 4.69) is 28.8 Å². The van der Waals surface area contributed by atoms with Crippen molar-refractivity contribution < 1.29 is 0 Å². The minimum atomic E-state index is 0.271. The van der Waals surface area contributed by atoms with Crippen LogP contribution in [-0.2, 0) is 6.42 Å². The van der Waals surface area contributed by atoms with Gasteiger partial charge in [-0.05, 0) is 35.9 Å². The van der Waals surface area contributed by atoms with Crippen molar-refractivity contribution in [1.82, 2.24) is 4.90 Å². The Morgan fingerprint density at radius 2 is 2.36 bits per heavy atom. The maximum Gasteiger partial charge on any atom is 0.0918 e. The Labute approximate surface area is 89.0 Å². The number of nitrogens with one attached hydrogen (secondary N) is 1. The van der Waals surface area contributed by atoms with Crippen molar-refractivity contribution in [3.8, 4) is 0 Å². The number of amidine groups is 1. The summed E-state index contributed by atoms with van der Waals surface area (Å²) in [6.07, 6.45) is 1.75. The zero-order chi connectivity index (χ0) is 10.4. The average Bonchev–Trinajstić information content (AvgIpc) is 2.63. The largest absolute Gasteiger partial charge is 0.388 e. The van der Waals surface area contributed by atoms with Crippen LogP contribution in [-0.4, -0.2) is 30.9 Å². The SMILES string of the molecule is CN(CCC(=N)N)CCc1ccsc1. The van der Waals surface area contributed by atoms with E-state index in [-0.39, 0.29) is 5.84 Å². The number of rotatable bonds is 6. The quantitative estimate of drug-likeness (QED) is 0.554. The lowest BCUT2D eigenvalue weighted by Crippen LogP contribution is -2.26. The van der Waals surface area contributed by atoms with Gasteiger partial charge in [0.1, 0.15) is 0 Å². The second-order valence-electron chi connectivity index (χ2n) is 3.46. The first-order chi connectivity index (χ1) is 6.68. The van der Waals surface area contributed by atoms with E-state index in [1.807, 2.05) is 0 Å². The summed E-state index contributed by atoms with van der Waals surface area (Å²) in [5.74, 6) is 0.271. The molecule has 0 amide bonds. The Bertz CT molecular complexity index is 269. The lowest BCUT2D eigenvalue weighted by atomic mass is 10.2. The summed E-state index contributed by atoms with van der Waals surface area (Å²) in [7, 11) is 2.06. The van der Waals surface area contributed by atoms with E-state index in [1.165, 1.54) is 5.56 Å². The van der Waals surface area contributed by atoms with E-state index < -0.39 is 0 Å². The molecule has 14 heavy (non-hydrogen) atoms. The first-order valence-corrected chi connectivity index (χ1v) is 5.65. The van der Waals surface area contributed by atoms with Crippen molar-refractivity contribution >= 4 is 17.2 Å². The van der Waals surface area contributed by atoms with Crippen LogP contribution in [0.5, 0.6) is 0 Å². The fraction of sp³-hybridized carbons (Fsp3) is 0.500. The zero-order valence-corrected chi connectivity index (χ0v) is 9.31. The first kappa shape index (κ1) is 11.2. The Hall–Kier alpha value is -0.870. The van der Waals surface area contributed by atoms with Gasteiger partial charge in [-0.3, -0.25) is 5.41 Å². The summed E-state index contributed by atoms with van der Waals surface area (Å²) >= 11 is 1.74. The lowest BCUT2D eigenvalue weighted by molar-refractivity contribution is 0.348. The molecule has 4 heteroatoms. The van der Waals surface area contributed by atoms with E-state index in [9.17, 15) is 0 Å². The summed E-state index contributed by atoms with van der Waals surface area (Å²) < 4.78 is 0. The number of nitrogens with two attached hydrogens (primary N) is 1.